The van der Waals surface area contributed by atoms with Gasteiger partial charge in [-0.25, -0.2) is 4.79 Å². The lowest BCUT2D eigenvalue weighted by Crippen LogP contribution is -2.59. The van der Waals surface area contributed by atoms with Gasteiger partial charge in [0, 0.05) is 25.8 Å². The van der Waals surface area contributed by atoms with E-state index >= 15 is 0 Å². The van der Waals surface area contributed by atoms with E-state index < -0.39 is 11.2 Å². The molecule has 0 saturated carbocycles. The molecule has 1 saturated heterocycles. The minimum atomic E-state index is -0.649. The number of nitrogens with zero attached hydrogens (tertiary/aromatic N) is 1. The fourth-order valence-electron chi connectivity index (χ4n) is 1.78. The van der Waals surface area contributed by atoms with E-state index in [1.165, 1.54) is 0 Å². The molecule has 1 aliphatic heterocycles. The number of hydrogen-bond acceptors (Lipinski definition) is 4. The van der Waals surface area contributed by atoms with Gasteiger partial charge in [-0.3, -0.25) is 14.6 Å². The zero-order valence-electron chi connectivity index (χ0n) is 9.45. The molecular weight excluding hydrogens is 224 g/mol. The third-order valence-electron chi connectivity index (χ3n) is 2.85. The van der Waals surface area contributed by atoms with E-state index in [2.05, 4.69) is 10.3 Å². The van der Waals surface area contributed by atoms with Crippen molar-refractivity contribution in [3.63, 3.8) is 0 Å². The van der Waals surface area contributed by atoms with Crippen LogP contribution in [0.5, 0.6) is 0 Å². The molecule has 0 aliphatic carbocycles. The van der Waals surface area contributed by atoms with Crippen LogP contribution in [0.15, 0.2) is 15.8 Å². The monoisotopic (exact) mass is 238 g/mol. The van der Waals surface area contributed by atoms with Gasteiger partial charge < -0.3 is 15.2 Å². The van der Waals surface area contributed by atoms with E-state index in [1.807, 2.05) is 11.9 Å². The molecule has 0 spiro atoms. The Hall–Kier alpha value is -1.89. The summed E-state index contributed by atoms with van der Waals surface area (Å²) in [5, 5.41) is 3.07. The van der Waals surface area contributed by atoms with Crippen molar-refractivity contribution in [3.8, 4) is 0 Å². The van der Waals surface area contributed by atoms with Crippen molar-refractivity contribution in [2.24, 2.45) is 0 Å². The maximum absolute atomic E-state index is 12.1. The van der Waals surface area contributed by atoms with Crippen molar-refractivity contribution < 1.29 is 4.79 Å². The minimum Gasteiger partial charge on any atom is -0.333 e. The first kappa shape index (κ1) is 11.6. The van der Waals surface area contributed by atoms with Crippen molar-refractivity contribution in [2.75, 3.05) is 19.6 Å². The van der Waals surface area contributed by atoms with Crippen molar-refractivity contribution in [2.45, 2.75) is 13.0 Å². The Kier molecular flexibility index (Phi) is 3.10. The van der Waals surface area contributed by atoms with Gasteiger partial charge in [0.05, 0.1) is 6.04 Å². The van der Waals surface area contributed by atoms with Gasteiger partial charge in [-0.05, 0) is 6.92 Å². The number of H-pyrrole nitrogens is 2. The number of carbonyl (C=O) groups excluding carboxylic acids is 1. The molecule has 1 aromatic rings. The number of hydrogen-bond donors (Lipinski definition) is 3. The number of carbonyl (C=O) groups is 1. The Morgan fingerprint density at radius 2 is 2.18 bits per heavy atom. The van der Waals surface area contributed by atoms with E-state index in [-0.39, 0.29) is 17.5 Å². The van der Waals surface area contributed by atoms with E-state index in [0.717, 1.165) is 19.3 Å². The van der Waals surface area contributed by atoms with Crippen LogP contribution in [-0.4, -0.2) is 46.5 Å². The standard InChI is InChI=1S/C10H14N4O3/c1-2-14(6-3-11-4-6)9(16)7-5-12-10(17)13-8(7)15/h5-6,11H,2-4H2,1H3,(H2,12,13,15,17). The number of rotatable bonds is 3. The smallest absolute Gasteiger partial charge is 0.325 e. The van der Waals surface area contributed by atoms with Crippen molar-refractivity contribution in [1.29, 1.82) is 0 Å². The molecule has 2 heterocycles. The van der Waals surface area contributed by atoms with Gasteiger partial charge in [0.25, 0.3) is 11.5 Å². The predicted octanol–water partition coefficient (Wildman–Crippen LogP) is -1.50. The van der Waals surface area contributed by atoms with E-state index in [4.69, 9.17) is 0 Å². The summed E-state index contributed by atoms with van der Waals surface area (Å²) >= 11 is 0. The minimum absolute atomic E-state index is 0.0293. The van der Waals surface area contributed by atoms with Gasteiger partial charge >= 0.3 is 5.69 Å². The van der Waals surface area contributed by atoms with E-state index in [1.54, 1.807) is 4.90 Å². The average Bonchev–Trinajstić information content (AvgIpc) is 2.22. The normalized spacial score (nSPS) is 15.4. The van der Waals surface area contributed by atoms with Crippen LogP contribution in [0.25, 0.3) is 0 Å². The number of aromatic amines is 2. The highest BCUT2D eigenvalue weighted by Crippen LogP contribution is 2.07. The molecule has 3 N–H and O–H groups in total. The van der Waals surface area contributed by atoms with Crippen molar-refractivity contribution >= 4 is 5.91 Å². The van der Waals surface area contributed by atoms with Crippen LogP contribution in [-0.2, 0) is 0 Å². The Morgan fingerprint density at radius 3 is 2.65 bits per heavy atom. The quantitative estimate of drug-likeness (QED) is 0.596. The summed E-state index contributed by atoms with van der Waals surface area (Å²) in [6.07, 6.45) is 1.16. The molecule has 92 valence electrons. The van der Waals surface area contributed by atoms with Gasteiger partial charge in [0.2, 0.25) is 0 Å². The van der Waals surface area contributed by atoms with Gasteiger partial charge in [0.15, 0.2) is 0 Å². The van der Waals surface area contributed by atoms with Crippen LogP contribution in [0.1, 0.15) is 17.3 Å². The van der Waals surface area contributed by atoms with Gasteiger partial charge in [-0.1, -0.05) is 0 Å². The lowest BCUT2D eigenvalue weighted by molar-refractivity contribution is 0.0628. The summed E-state index contributed by atoms with van der Waals surface area (Å²) in [5.74, 6) is -0.350. The first-order valence-electron chi connectivity index (χ1n) is 5.47. The number of amides is 1. The second-order valence-corrected chi connectivity index (χ2v) is 3.89. The van der Waals surface area contributed by atoms with Crippen LogP contribution in [0.2, 0.25) is 0 Å². The number of likely N-dealkylation sites (N-methyl/N-ethyl adjacent to an activating group) is 1. The molecular formula is C10H14N4O3. The zero-order valence-corrected chi connectivity index (χ0v) is 9.45. The van der Waals surface area contributed by atoms with Crippen LogP contribution < -0.4 is 16.6 Å². The Morgan fingerprint density at radius 1 is 1.47 bits per heavy atom. The molecule has 0 unspecified atom stereocenters. The van der Waals surface area contributed by atoms with Crippen molar-refractivity contribution in [1.82, 2.24) is 20.2 Å². The Balaban J connectivity index is 2.28. The lowest BCUT2D eigenvalue weighted by atomic mass is 10.1. The summed E-state index contributed by atoms with van der Waals surface area (Å²) in [4.78, 5) is 40.4. The zero-order chi connectivity index (χ0) is 12.4. The number of aromatic nitrogens is 2. The van der Waals surface area contributed by atoms with Crippen molar-refractivity contribution in [3.05, 3.63) is 32.6 Å². The molecule has 0 aromatic carbocycles. The van der Waals surface area contributed by atoms with Gasteiger partial charge in [-0.15, -0.1) is 0 Å². The lowest BCUT2D eigenvalue weighted by Gasteiger charge is -2.37. The molecule has 0 atom stereocenters. The molecule has 7 heteroatoms. The summed E-state index contributed by atoms with van der Waals surface area (Å²) in [5.41, 5.74) is -1.29. The number of nitrogens with one attached hydrogen (secondary N) is 3. The summed E-state index contributed by atoms with van der Waals surface area (Å²) in [7, 11) is 0. The Labute approximate surface area is 96.8 Å². The fraction of sp³-hybridized carbons (Fsp3) is 0.500. The van der Waals surface area contributed by atoms with Crippen LogP contribution in [0.3, 0.4) is 0 Å². The average molecular weight is 238 g/mol. The highest BCUT2D eigenvalue weighted by molar-refractivity contribution is 5.93. The first-order chi connectivity index (χ1) is 8.13. The highest BCUT2D eigenvalue weighted by Gasteiger charge is 2.29. The largest absolute Gasteiger partial charge is 0.333 e. The molecule has 1 aromatic heterocycles. The molecule has 7 nitrogen and oxygen atoms in total. The second kappa shape index (κ2) is 4.54. The topological polar surface area (TPSA) is 98.1 Å². The van der Waals surface area contributed by atoms with E-state index in [0.29, 0.717) is 6.54 Å². The summed E-state index contributed by atoms with van der Waals surface area (Å²) in [6.45, 7) is 3.86. The summed E-state index contributed by atoms with van der Waals surface area (Å²) in [6, 6.07) is 0.124. The van der Waals surface area contributed by atoms with Crippen LogP contribution >= 0.6 is 0 Å². The Bertz CT molecular complexity index is 529. The van der Waals surface area contributed by atoms with E-state index in [9.17, 15) is 14.4 Å². The molecule has 2 rings (SSSR count). The van der Waals surface area contributed by atoms with Gasteiger partial charge in [0.1, 0.15) is 5.56 Å². The molecule has 1 amide bonds. The highest BCUT2D eigenvalue weighted by atomic mass is 16.2. The maximum Gasteiger partial charge on any atom is 0.325 e. The molecule has 0 radical (unpaired) electrons. The molecule has 0 bridgehead atoms. The van der Waals surface area contributed by atoms with Crippen LogP contribution in [0, 0.1) is 0 Å². The molecule has 1 fully saturated rings. The third-order valence-corrected chi connectivity index (χ3v) is 2.85. The second-order valence-electron chi connectivity index (χ2n) is 3.89. The fourth-order valence-corrected chi connectivity index (χ4v) is 1.78. The third kappa shape index (κ3) is 2.14. The van der Waals surface area contributed by atoms with Gasteiger partial charge in [-0.2, -0.15) is 0 Å². The van der Waals surface area contributed by atoms with Crippen LogP contribution in [0.4, 0.5) is 0 Å². The summed E-state index contributed by atoms with van der Waals surface area (Å²) < 4.78 is 0. The molecule has 1 aliphatic rings. The molecule has 17 heavy (non-hydrogen) atoms. The first-order valence-corrected chi connectivity index (χ1v) is 5.47. The maximum atomic E-state index is 12.1. The predicted molar refractivity (Wildman–Crippen MR) is 61.1 cm³/mol. The SMILES string of the molecule is CCN(C(=O)c1c[nH]c(=O)[nH]c1=O)C1CNC1.